The third kappa shape index (κ3) is 2.64. The number of aryl methyl sites for hydroxylation is 2. The van der Waals surface area contributed by atoms with Gasteiger partial charge in [0.2, 0.25) is 0 Å². The van der Waals surface area contributed by atoms with Crippen LogP contribution in [0.15, 0.2) is 34.9 Å². The van der Waals surface area contributed by atoms with E-state index in [4.69, 9.17) is 4.42 Å². The van der Waals surface area contributed by atoms with Gasteiger partial charge in [0.25, 0.3) is 11.8 Å². The number of hydrogen-bond acceptors (Lipinski definition) is 5. The minimum atomic E-state index is -0.0326. The lowest BCUT2D eigenvalue weighted by Gasteiger charge is -2.53. The van der Waals surface area contributed by atoms with Crippen molar-refractivity contribution in [1.82, 2.24) is 14.2 Å². The topological polar surface area (TPSA) is 66.7 Å². The molecular formula is C21H21N3O3S. The molecule has 2 aliphatic heterocycles. The van der Waals surface area contributed by atoms with E-state index in [2.05, 4.69) is 4.37 Å². The van der Waals surface area contributed by atoms with Crippen molar-refractivity contribution in [3.05, 3.63) is 52.2 Å². The van der Waals surface area contributed by atoms with Crippen molar-refractivity contribution in [3.63, 3.8) is 0 Å². The number of aromatic nitrogens is 1. The van der Waals surface area contributed by atoms with Crippen LogP contribution in [0.25, 0.3) is 11.0 Å². The third-order valence-electron chi connectivity index (χ3n) is 6.01. The standard InChI is InChI=1S/C21H21N3O3S/c1-12-3-4-15-13(2)19(27-17(15)9-12)21(26)24-11-14-10-23(8-6-16(14)24)20(25)18-5-7-22-28-18/h3-5,7,9,14,16H,6,8,10-11H2,1-2H3/t14-,16-/m0/s1. The molecule has 0 saturated carbocycles. The van der Waals surface area contributed by atoms with Crippen molar-refractivity contribution < 1.29 is 14.0 Å². The molecular weight excluding hydrogens is 374 g/mol. The molecule has 0 N–H and O–H groups in total. The summed E-state index contributed by atoms with van der Waals surface area (Å²) in [5.41, 5.74) is 2.78. The number of amides is 2. The number of piperidine rings is 1. The first-order valence-electron chi connectivity index (χ1n) is 9.53. The highest BCUT2D eigenvalue weighted by Gasteiger charge is 2.47. The Kier molecular flexibility index (Phi) is 4.01. The summed E-state index contributed by atoms with van der Waals surface area (Å²) in [4.78, 5) is 30.1. The molecule has 6 nitrogen and oxygen atoms in total. The first-order chi connectivity index (χ1) is 13.5. The monoisotopic (exact) mass is 395 g/mol. The normalized spacial score (nSPS) is 21.5. The van der Waals surface area contributed by atoms with E-state index < -0.39 is 0 Å². The van der Waals surface area contributed by atoms with Gasteiger partial charge < -0.3 is 14.2 Å². The fourth-order valence-electron chi connectivity index (χ4n) is 4.43. The van der Waals surface area contributed by atoms with E-state index in [0.717, 1.165) is 28.5 Å². The highest BCUT2D eigenvalue weighted by atomic mass is 32.1. The summed E-state index contributed by atoms with van der Waals surface area (Å²) in [6.07, 6.45) is 2.46. The summed E-state index contributed by atoms with van der Waals surface area (Å²) in [6.45, 7) is 6.00. The molecule has 2 atom stereocenters. The summed E-state index contributed by atoms with van der Waals surface area (Å²) in [5, 5.41) is 0.996. The van der Waals surface area contributed by atoms with Gasteiger partial charge in [-0.2, -0.15) is 0 Å². The van der Waals surface area contributed by atoms with Gasteiger partial charge in [-0.1, -0.05) is 12.1 Å². The quantitative estimate of drug-likeness (QED) is 0.666. The molecule has 144 valence electrons. The van der Waals surface area contributed by atoms with Crippen LogP contribution < -0.4 is 0 Å². The van der Waals surface area contributed by atoms with Crippen molar-refractivity contribution >= 4 is 34.3 Å². The predicted octanol–water partition coefficient (Wildman–Crippen LogP) is 3.49. The Hall–Kier alpha value is -2.67. The number of rotatable bonds is 2. The van der Waals surface area contributed by atoms with E-state index in [1.165, 1.54) is 11.5 Å². The van der Waals surface area contributed by atoms with E-state index in [1.54, 1.807) is 12.3 Å². The second kappa shape index (κ2) is 6.44. The number of carbonyl (C=O) groups is 2. The Labute approximate surface area is 166 Å². The van der Waals surface area contributed by atoms with E-state index >= 15 is 0 Å². The third-order valence-corrected chi connectivity index (χ3v) is 6.74. The average Bonchev–Trinajstić information content (AvgIpc) is 3.30. The molecule has 0 spiro atoms. The van der Waals surface area contributed by atoms with Gasteiger partial charge in [0, 0.05) is 48.7 Å². The number of fused-ring (bicyclic) bond motifs is 2. The zero-order valence-corrected chi connectivity index (χ0v) is 16.7. The van der Waals surface area contributed by atoms with Gasteiger partial charge in [-0.05, 0) is 49.5 Å². The minimum Gasteiger partial charge on any atom is -0.451 e. The fraction of sp³-hybridized carbons (Fsp3) is 0.381. The van der Waals surface area contributed by atoms with Crippen LogP contribution in [0, 0.1) is 19.8 Å². The van der Waals surface area contributed by atoms with Gasteiger partial charge in [0.1, 0.15) is 10.5 Å². The molecule has 2 amide bonds. The van der Waals surface area contributed by atoms with Crippen molar-refractivity contribution in [3.8, 4) is 0 Å². The van der Waals surface area contributed by atoms with Crippen LogP contribution in [0.1, 0.15) is 37.8 Å². The number of benzene rings is 1. The number of likely N-dealkylation sites (tertiary alicyclic amines) is 2. The molecule has 7 heteroatoms. The molecule has 2 aromatic heterocycles. The molecule has 0 unspecified atom stereocenters. The van der Waals surface area contributed by atoms with Crippen LogP contribution in [0.3, 0.4) is 0 Å². The molecule has 5 rings (SSSR count). The Bertz CT molecular complexity index is 1070. The maximum atomic E-state index is 13.1. The molecule has 1 aromatic carbocycles. The minimum absolute atomic E-state index is 0.0326. The lowest BCUT2D eigenvalue weighted by Crippen LogP contribution is -2.65. The molecule has 0 radical (unpaired) electrons. The van der Waals surface area contributed by atoms with Crippen molar-refractivity contribution in [2.75, 3.05) is 19.6 Å². The van der Waals surface area contributed by atoms with Crippen LogP contribution in [0.4, 0.5) is 0 Å². The number of hydrogen-bond donors (Lipinski definition) is 0. The maximum Gasteiger partial charge on any atom is 0.290 e. The number of nitrogens with zero attached hydrogens (tertiary/aromatic N) is 3. The second-order valence-electron chi connectivity index (χ2n) is 7.76. The van der Waals surface area contributed by atoms with Gasteiger partial charge in [-0.25, -0.2) is 4.37 Å². The van der Waals surface area contributed by atoms with Crippen molar-refractivity contribution in [2.24, 2.45) is 5.92 Å². The lowest BCUT2D eigenvalue weighted by molar-refractivity contribution is -0.0240. The van der Waals surface area contributed by atoms with Crippen LogP contribution >= 0.6 is 11.5 Å². The second-order valence-corrected chi connectivity index (χ2v) is 8.59. The van der Waals surface area contributed by atoms with Gasteiger partial charge in [0.15, 0.2) is 5.76 Å². The van der Waals surface area contributed by atoms with Crippen LogP contribution in [0.2, 0.25) is 0 Å². The van der Waals surface area contributed by atoms with Gasteiger partial charge in [-0.3, -0.25) is 9.59 Å². The van der Waals surface area contributed by atoms with Gasteiger partial charge in [0.05, 0.1) is 0 Å². The molecule has 3 aromatic rings. The van der Waals surface area contributed by atoms with E-state index in [9.17, 15) is 9.59 Å². The smallest absolute Gasteiger partial charge is 0.290 e. The highest BCUT2D eigenvalue weighted by molar-refractivity contribution is 7.08. The van der Waals surface area contributed by atoms with Gasteiger partial charge in [-0.15, -0.1) is 0 Å². The van der Waals surface area contributed by atoms with E-state index in [0.29, 0.717) is 36.2 Å². The zero-order valence-electron chi connectivity index (χ0n) is 15.8. The van der Waals surface area contributed by atoms with E-state index in [-0.39, 0.29) is 17.9 Å². The van der Waals surface area contributed by atoms with Crippen LogP contribution in [-0.4, -0.2) is 51.7 Å². The SMILES string of the molecule is Cc1ccc2c(C)c(C(=O)N3C[C@@H]4CN(C(=O)c5ccns5)CC[C@@H]43)oc2c1. The Balaban J connectivity index is 1.31. The Morgan fingerprint density at radius 3 is 2.79 bits per heavy atom. The zero-order chi connectivity index (χ0) is 19.4. The summed E-state index contributed by atoms with van der Waals surface area (Å²) >= 11 is 1.23. The van der Waals surface area contributed by atoms with E-state index in [1.807, 2.05) is 41.8 Å². The maximum absolute atomic E-state index is 13.1. The van der Waals surface area contributed by atoms with Crippen LogP contribution in [-0.2, 0) is 0 Å². The van der Waals surface area contributed by atoms with Crippen LogP contribution in [0.5, 0.6) is 0 Å². The molecule has 2 saturated heterocycles. The lowest BCUT2D eigenvalue weighted by atomic mass is 9.82. The fourth-order valence-corrected chi connectivity index (χ4v) is 4.99. The molecule has 0 bridgehead atoms. The molecule has 2 fully saturated rings. The molecule has 4 heterocycles. The summed E-state index contributed by atoms with van der Waals surface area (Å²) in [7, 11) is 0. The molecule has 0 aliphatic carbocycles. The van der Waals surface area contributed by atoms with Crippen molar-refractivity contribution in [1.29, 1.82) is 0 Å². The Morgan fingerprint density at radius 2 is 2.04 bits per heavy atom. The van der Waals surface area contributed by atoms with Gasteiger partial charge >= 0.3 is 0 Å². The first kappa shape index (κ1) is 17.4. The Morgan fingerprint density at radius 1 is 1.18 bits per heavy atom. The summed E-state index contributed by atoms with van der Waals surface area (Å²) in [5.74, 6) is 0.799. The summed E-state index contributed by atoms with van der Waals surface area (Å²) < 4.78 is 9.94. The summed E-state index contributed by atoms with van der Waals surface area (Å²) in [6, 6.07) is 7.98. The first-order valence-corrected chi connectivity index (χ1v) is 10.3. The molecule has 2 aliphatic rings. The largest absolute Gasteiger partial charge is 0.451 e. The predicted molar refractivity (Wildman–Crippen MR) is 107 cm³/mol. The van der Waals surface area contributed by atoms with Crippen molar-refractivity contribution in [2.45, 2.75) is 26.3 Å². The molecule has 28 heavy (non-hydrogen) atoms. The average molecular weight is 395 g/mol. The number of carbonyl (C=O) groups excluding carboxylic acids is 2. The number of furan rings is 1. The highest BCUT2D eigenvalue weighted by Crippen LogP contribution is 2.36.